The summed E-state index contributed by atoms with van der Waals surface area (Å²) in [7, 11) is 0. The van der Waals surface area contributed by atoms with Crippen LogP contribution in [0, 0.1) is 0 Å². The van der Waals surface area contributed by atoms with E-state index in [9.17, 15) is 18.0 Å². The van der Waals surface area contributed by atoms with Crippen LogP contribution >= 0.6 is 11.6 Å². The molecule has 2 heterocycles. The fraction of sp³-hybridized carbons (Fsp3) is 0.250. The molecule has 128 valence electrons. The Balaban J connectivity index is 1.75. The molecule has 1 aromatic carbocycles. The van der Waals surface area contributed by atoms with Crippen LogP contribution in [0.4, 0.5) is 13.2 Å². The first-order chi connectivity index (χ1) is 11.8. The van der Waals surface area contributed by atoms with Crippen molar-refractivity contribution in [2.24, 2.45) is 0 Å². The van der Waals surface area contributed by atoms with Gasteiger partial charge in [0.2, 0.25) is 0 Å². The average Bonchev–Trinajstić information content (AvgIpc) is 2.97. The lowest BCUT2D eigenvalue weighted by molar-refractivity contribution is -0.144. The van der Waals surface area contributed by atoms with Gasteiger partial charge in [-0.05, 0) is 30.0 Å². The molecule has 9 heteroatoms. The summed E-state index contributed by atoms with van der Waals surface area (Å²) in [4.78, 5) is 20.0. The van der Waals surface area contributed by atoms with Crippen molar-refractivity contribution in [1.82, 2.24) is 19.6 Å². The summed E-state index contributed by atoms with van der Waals surface area (Å²) in [5, 5.41) is 3.96. The number of fused-ring (bicyclic) bond motifs is 2. The van der Waals surface area contributed by atoms with E-state index in [1.54, 1.807) is 12.1 Å². The summed E-state index contributed by atoms with van der Waals surface area (Å²) < 4.78 is 39.2. The Kier molecular flexibility index (Phi) is 3.54. The second-order valence-electron chi connectivity index (χ2n) is 5.86. The average molecular weight is 367 g/mol. The van der Waals surface area contributed by atoms with Crippen molar-refractivity contribution in [2.75, 3.05) is 0 Å². The van der Waals surface area contributed by atoms with Gasteiger partial charge in [-0.3, -0.25) is 4.79 Å². The van der Waals surface area contributed by atoms with E-state index < -0.39 is 12.0 Å². The predicted octanol–water partition coefficient (Wildman–Crippen LogP) is 3.71. The van der Waals surface area contributed by atoms with Crippen molar-refractivity contribution in [3.8, 4) is 0 Å². The van der Waals surface area contributed by atoms with Crippen LogP contribution in [0.15, 0.2) is 30.5 Å². The van der Waals surface area contributed by atoms with Gasteiger partial charge in [0, 0.05) is 17.6 Å². The highest BCUT2D eigenvalue weighted by atomic mass is 35.5. The number of Topliss-reactive ketones (excluding diaryl/α,β-unsaturated/α-hetero) is 1. The van der Waals surface area contributed by atoms with Crippen LogP contribution in [0.5, 0.6) is 0 Å². The predicted molar refractivity (Wildman–Crippen MR) is 82.6 cm³/mol. The Morgan fingerprint density at radius 3 is 2.52 bits per heavy atom. The van der Waals surface area contributed by atoms with Gasteiger partial charge in [0.25, 0.3) is 11.6 Å². The number of aromatic nitrogens is 4. The fourth-order valence-electron chi connectivity index (χ4n) is 2.97. The first-order valence-electron chi connectivity index (χ1n) is 7.43. The second-order valence-corrected chi connectivity index (χ2v) is 6.30. The van der Waals surface area contributed by atoms with Crippen LogP contribution in [0.25, 0.3) is 5.78 Å². The maximum atomic E-state index is 12.8. The lowest BCUT2D eigenvalue weighted by Gasteiger charge is -2.23. The number of ketones is 1. The van der Waals surface area contributed by atoms with Crippen LogP contribution in [-0.2, 0) is 12.6 Å². The third-order valence-electron chi connectivity index (χ3n) is 4.18. The number of carbonyl (C=O) groups excluding carboxylic acids is 1. The summed E-state index contributed by atoms with van der Waals surface area (Å²) in [6.07, 6.45) is -2.69. The third-order valence-corrected chi connectivity index (χ3v) is 4.43. The number of carbonyl (C=O) groups is 1. The van der Waals surface area contributed by atoms with Gasteiger partial charge in [-0.2, -0.15) is 18.2 Å². The molecule has 1 aliphatic rings. The van der Waals surface area contributed by atoms with Crippen molar-refractivity contribution in [3.05, 3.63) is 58.1 Å². The maximum Gasteiger partial charge on any atom is 0.453 e. The SMILES string of the molecule is O=C1CC(c2ccc(Cl)cc2)Cc2nc3nc(C(F)(F)F)nn3cc21. The van der Waals surface area contributed by atoms with Crippen molar-refractivity contribution < 1.29 is 18.0 Å². The summed E-state index contributed by atoms with van der Waals surface area (Å²) in [6.45, 7) is 0. The van der Waals surface area contributed by atoms with Crippen LogP contribution < -0.4 is 0 Å². The zero-order valence-corrected chi connectivity index (χ0v) is 13.3. The summed E-state index contributed by atoms with van der Waals surface area (Å²) in [5.74, 6) is -1.73. The molecule has 1 aliphatic carbocycles. The third kappa shape index (κ3) is 2.86. The molecule has 2 aromatic heterocycles. The van der Waals surface area contributed by atoms with Crippen LogP contribution in [0.1, 0.15) is 39.8 Å². The zero-order chi connectivity index (χ0) is 17.8. The van der Waals surface area contributed by atoms with E-state index in [1.165, 1.54) is 6.20 Å². The monoisotopic (exact) mass is 366 g/mol. The van der Waals surface area contributed by atoms with Crippen LogP contribution in [-0.4, -0.2) is 25.4 Å². The maximum absolute atomic E-state index is 12.8. The molecule has 0 radical (unpaired) electrons. The number of benzene rings is 1. The highest BCUT2D eigenvalue weighted by Gasteiger charge is 2.37. The van der Waals surface area contributed by atoms with Crippen molar-refractivity contribution in [3.63, 3.8) is 0 Å². The Hall–Kier alpha value is -2.48. The lowest BCUT2D eigenvalue weighted by Crippen LogP contribution is -2.21. The molecule has 25 heavy (non-hydrogen) atoms. The van der Waals surface area contributed by atoms with Gasteiger partial charge in [-0.15, -0.1) is 5.10 Å². The molecular formula is C16H10ClF3N4O. The Morgan fingerprint density at radius 1 is 1.12 bits per heavy atom. The zero-order valence-electron chi connectivity index (χ0n) is 12.6. The van der Waals surface area contributed by atoms with E-state index in [0.717, 1.165) is 10.1 Å². The standard InChI is InChI=1S/C16H10ClF3N4O/c17-10-3-1-8(2-4-10)9-5-12-11(13(25)6-9)7-24-15(21-12)22-14(23-24)16(18,19)20/h1-4,7,9H,5-6H2. The first kappa shape index (κ1) is 16.0. The number of halogens is 4. The molecule has 0 aliphatic heterocycles. The quantitative estimate of drug-likeness (QED) is 0.658. The molecule has 0 N–H and O–H groups in total. The number of hydrogen-bond donors (Lipinski definition) is 0. The van der Waals surface area contributed by atoms with E-state index in [0.29, 0.717) is 17.1 Å². The Labute approximate surface area is 144 Å². The molecule has 5 nitrogen and oxygen atoms in total. The largest absolute Gasteiger partial charge is 0.453 e. The van der Waals surface area contributed by atoms with Crippen LogP contribution in [0.2, 0.25) is 5.02 Å². The highest BCUT2D eigenvalue weighted by Crippen LogP contribution is 2.33. The summed E-state index contributed by atoms with van der Waals surface area (Å²) in [6, 6.07) is 7.15. The van der Waals surface area contributed by atoms with Gasteiger partial charge >= 0.3 is 6.18 Å². The molecule has 4 rings (SSSR count). The molecule has 0 fully saturated rings. The van der Waals surface area contributed by atoms with Crippen molar-refractivity contribution in [1.29, 1.82) is 0 Å². The molecule has 0 amide bonds. The minimum absolute atomic E-state index is 0.0998. The molecule has 3 aromatic rings. The number of alkyl halides is 3. The van der Waals surface area contributed by atoms with E-state index in [1.807, 2.05) is 12.1 Å². The van der Waals surface area contributed by atoms with Gasteiger partial charge in [-0.1, -0.05) is 23.7 Å². The Morgan fingerprint density at radius 2 is 1.84 bits per heavy atom. The minimum Gasteiger partial charge on any atom is -0.294 e. The minimum atomic E-state index is -4.66. The normalized spacial score (nSPS) is 17.8. The van der Waals surface area contributed by atoms with Gasteiger partial charge in [0.1, 0.15) is 0 Å². The smallest absolute Gasteiger partial charge is 0.294 e. The Bertz CT molecular complexity index is 981. The van der Waals surface area contributed by atoms with Crippen LogP contribution in [0.3, 0.4) is 0 Å². The molecule has 0 saturated heterocycles. The number of rotatable bonds is 1. The summed E-state index contributed by atoms with van der Waals surface area (Å²) in [5.41, 5.74) is 1.66. The summed E-state index contributed by atoms with van der Waals surface area (Å²) >= 11 is 5.88. The van der Waals surface area contributed by atoms with Crippen molar-refractivity contribution in [2.45, 2.75) is 24.9 Å². The van der Waals surface area contributed by atoms with Crippen molar-refractivity contribution >= 4 is 23.2 Å². The topological polar surface area (TPSA) is 60.2 Å². The first-order valence-corrected chi connectivity index (χ1v) is 7.81. The number of hydrogen-bond acceptors (Lipinski definition) is 4. The fourth-order valence-corrected chi connectivity index (χ4v) is 3.10. The van der Waals surface area contributed by atoms with Gasteiger partial charge < -0.3 is 0 Å². The molecule has 1 unspecified atom stereocenters. The van der Waals surface area contributed by atoms with Gasteiger partial charge in [0.05, 0.1) is 11.3 Å². The van der Waals surface area contributed by atoms with E-state index in [4.69, 9.17) is 11.6 Å². The van der Waals surface area contributed by atoms with E-state index >= 15 is 0 Å². The lowest BCUT2D eigenvalue weighted by atomic mass is 9.82. The number of nitrogens with zero attached hydrogens (tertiary/aromatic N) is 4. The molecule has 1 atom stereocenters. The molecule has 0 bridgehead atoms. The van der Waals surface area contributed by atoms with Gasteiger partial charge in [-0.25, -0.2) is 9.50 Å². The molecular weight excluding hydrogens is 357 g/mol. The molecule has 0 spiro atoms. The van der Waals surface area contributed by atoms with Gasteiger partial charge in [0.15, 0.2) is 5.78 Å². The second kappa shape index (κ2) is 5.52. The highest BCUT2D eigenvalue weighted by molar-refractivity contribution is 6.30. The molecule has 0 saturated carbocycles. The van der Waals surface area contributed by atoms with E-state index in [-0.39, 0.29) is 29.5 Å². The van der Waals surface area contributed by atoms with E-state index in [2.05, 4.69) is 15.1 Å².